The molecule has 3 aromatic rings. The number of hydrogen-bond acceptors (Lipinski definition) is 5. The number of aromatic nitrogens is 2. The first kappa shape index (κ1) is 15.1. The van der Waals surface area contributed by atoms with E-state index in [1.807, 2.05) is 0 Å². The lowest BCUT2D eigenvalue weighted by Gasteiger charge is -2.09. The summed E-state index contributed by atoms with van der Waals surface area (Å²) < 4.78 is 0. The first-order valence-electron chi connectivity index (χ1n) is 8.03. The minimum atomic E-state index is 0.0105. The van der Waals surface area contributed by atoms with E-state index in [1.165, 1.54) is 5.56 Å². The Kier molecular flexibility index (Phi) is 3.90. The zero-order valence-corrected chi connectivity index (χ0v) is 14.2. The molecule has 0 radical (unpaired) electrons. The molecule has 0 unspecified atom stereocenters. The number of carbonyl (C=O) groups is 1. The van der Waals surface area contributed by atoms with Crippen molar-refractivity contribution >= 4 is 33.3 Å². The fourth-order valence-corrected chi connectivity index (χ4v) is 3.54. The normalized spacial score (nSPS) is 13.9. The molecule has 122 valence electrons. The molecule has 1 aromatic carbocycles. The third kappa shape index (κ3) is 3.10. The van der Waals surface area contributed by atoms with Crippen LogP contribution in [0.5, 0.6) is 0 Å². The summed E-state index contributed by atoms with van der Waals surface area (Å²) in [7, 11) is 0. The fraction of sp³-hybridized carbons (Fsp3) is 0.278. The van der Waals surface area contributed by atoms with Crippen molar-refractivity contribution in [1.82, 2.24) is 15.3 Å². The van der Waals surface area contributed by atoms with Gasteiger partial charge in [0.1, 0.15) is 17.0 Å². The zero-order valence-electron chi connectivity index (χ0n) is 13.4. The number of amides is 1. The van der Waals surface area contributed by atoms with Crippen molar-refractivity contribution in [3.05, 3.63) is 41.5 Å². The number of aryl methyl sites for hydroxylation is 1. The lowest BCUT2D eigenvalue weighted by Crippen LogP contribution is -2.31. The second-order valence-corrected chi connectivity index (χ2v) is 6.97. The van der Waals surface area contributed by atoms with Gasteiger partial charge in [-0.15, -0.1) is 11.3 Å². The summed E-state index contributed by atoms with van der Waals surface area (Å²) in [5, 5.41) is 9.22. The van der Waals surface area contributed by atoms with Crippen molar-refractivity contribution in [2.75, 3.05) is 11.9 Å². The summed E-state index contributed by atoms with van der Waals surface area (Å²) in [5.74, 6) is 0.721. The summed E-state index contributed by atoms with van der Waals surface area (Å²) in [6, 6.07) is 8.77. The average molecular weight is 338 g/mol. The van der Waals surface area contributed by atoms with E-state index in [4.69, 9.17) is 0 Å². The van der Waals surface area contributed by atoms with Gasteiger partial charge < -0.3 is 10.6 Å². The molecule has 0 atom stereocenters. The highest BCUT2D eigenvalue weighted by Gasteiger charge is 2.23. The maximum atomic E-state index is 11.9. The molecule has 0 saturated heterocycles. The number of nitrogens with zero attached hydrogens (tertiary/aromatic N) is 2. The second kappa shape index (κ2) is 6.20. The van der Waals surface area contributed by atoms with Crippen molar-refractivity contribution in [2.24, 2.45) is 0 Å². The van der Waals surface area contributed by atoms with E-state index in [9.17, 15) is 4.79 Å². The molecule has 4 rings (SSSR count). The van der Waals surface area contributed by atoms with Gasteiger partial charge in [-0.25, -0.2) is 9.97 Å². The Morgan fingerprint density at radius 1 is 1.25 bits per heavy atom. The Hall–Kier alpha value is -2.47. The highest BCUT2D eigenvalue weighted by molar-refractivity contribution is 7.17. The van der Waals surface area contributed by atoms with Crippen LogP contribution in [0.15, 0.2) is 36.0 Å². The fourth-order valence-electron chi connectivity index (χ4n) is 2.63. The van der Waals surface area contributed by atoms with E-state index >= 15 is 0 Å². The van der Waals surface area contributed by atoms with Crippen LogP contribution in [0.25, 0.3) is 21.3 Å². The van der Waals surface area contributed by atoms with Crippen LogP contribution in [0.4, 0.5) is 5.82 Å². The molecule has 5 nitrogen and oxygen atoms in total. The van der Waals surface area contributed by atoms with Gasteiger partial charge in [-0.2, -0.15) is 0 Å². The van der Waals surface area contributed by atoms with Crippen LogP contribution in [0.2, 0.25) is 0 Å². The standard InChI is InChI=1S/C18H18N4OS/c1-11-2-4-12(5-3-11)14-9-24-18-16(14)17(20-10-21-18)19-8-15(23)22-13-6-7-13/h2-5,9-10,13H,6-8H2,1H3,(H,22,23)(H,19,20,21). The molecule has 1 saturated carbocycles. The third-order valence-corrected chi connectivity index (χ3v) is 4.98. The van der Waals surface area contributed by atoms with E-state index in [0.717, 1.165) is 34.2 Å². The molecule has 2 N–H and O–H groups in total. The topological polar surface area (TPSA) is 66.9 Å². The monoisotopic (exact) mass is 338 g/mol. The van der Waals surface area contributed by atoms with E-state index in [-0.39, 0.29) is 12.5 Å². The Bertz CT molecular complexity index is 884. The number of rotatable bonds is 5. The van der Waals surface area contributed by atoms with Gasteiger partial charge in [0.15, 0.2) is 0 Å². The van der Waals surface area contributed by atoms with Crippen molar-refractivity contribution in [1.29, 1.82) is 0 Å². The molecule has 1 aliphatic rings. The van der Waals surface area contributed by atoms with Crippen LogP contribution in [0.3, 0.4) is 0 Å². The van der Waals surface area contributed by atoms with Crippen LogP contribution >= 0.6 is 11.3 Å². The molecule has 0 aliphatic heterocycles. The van der Waals surface area contributed by atoms with Gasteiger partial charge in [0, 0.05) is 17.0 Å². The van der Waals surface area contributed by atoms with Crippen molar-refractivity contribution in [2.45, 2.75) is 25.8 Å². The van der Waals surface area contributed by atoms with Crippen molar-refractivity contribution in [3.63, 3.8) is 0 Å². The average Bonchev–Trinajstić information content (AvgIpc) is 3.29. The predicted molar refractivity (Wildman–Crippen MR) is 97.2 cm³/mol. The van der Waals surface area contributed by atoms with Crippen LogP contribution in [-0.2, 0) is 4.79 Å². The number of anilines is 1. The van der Waals surface area contributed by atoms with Gasteiger partial charge in [0.05, 0.1) is 11.9 Å². The number of nitrogens with one attached hydrogen (secondary N) is 2. The Morgan fingerprint density at radius 2 is 2.04 bits per heavy atom. The highest BCUT2D eigenvalue weighted by atomic mass is 32.1. The van der Waals surface area contributed by atoms with Crippen LogP contribution < -0.4 is 10.6 Å². The smallest absolute Gasteiger partial charge is 0.239 e. The molecule has 2 aromatic heterocycles. The van der Waals surface area contributed by atoms with E-state index in [2.05, 4.69) is 57.2 Å². The first-order valence-corrected chi connectivity index (χ1v) is 8.91. The van der Waals surface area contributed by atoms with Crippen molar-refractivity contribution < 1.29 is 4.79 Å². The summed E-state index contributed by atoms with van der Waals surface area (Å²) in [6.45, 7) is 2.30. The van der Waals surface area contributed by atoms with Gasteiger partial charge in [0.2, 0.25) is 5.91 Å². The summed E-state index contributed by atoms with van der Waals surface area (Å²) in [6.07, 6.45) is 3.72. The molecule has 24 heavy (non-hydrogen) atoms. The second-order valence-electron chi connectivity index (χ2n) is 6.11. The van der Waals surface area contributed by atoms with Gasteiger partial charge in [-0.05, 0) is 25.3 Å². The molecular weight excluding hydrogens is 320 g/mol. The molecule has 6 heteroatoms. The van der Waals surface area contributed by atoms with Crippen LogP contribution in [0, 0.1) is 6.92 Å². The van der Waals surface area contributed by atoms with E-state index < -0.39 is 0 Å². The summed E-state index contributed by atoms with van der Waals surface area (Å²) >= 11 is 1.59. The van der Waals surface area contributed by atoms with Crippen LogP contribution in [0.1, 0.15) is 18.4 Å². The van der Waals surface area contributed by atoms with Crippen molar-refractivity contribution in [3.8, 4) is 11.1 Å². The zero-order chi connectivity index (χ0) is 16.5. The maximum Gasteiger partial charge on any atom is 0.239 e. The minimum Gasteiger partial charge on any atom is -0.360 e. The Morgan fingerprint density at radius 3 is 2.79 bits per heavy atom. The molecule has 2 heterocycles. The highest BCUT2D eigenvalue weighted by Crippen LogP contribution is 2.36. The van der Waals surface area contributed by atoms with Gasteiger partial charge in [0.25, 0.3) is 0 Å². The largest absolute Gasteiger partial charge is 0.360 e. The number of fused-ring (bicyclic) bond motifs is 1. The maximum absolute atomic E-state index is 11.9. The number of thiophene rings is 1. The quantitative estimate of drug-likeness (QED) is 0.748. The number of benzene rings is 1. The minimum absolute atomic E-state index is 0.0105. The molecule has 1 amide bonds. The van der Waals surface area contributed by atoms with Crippen LogP contribution in [-0.4, -0.2) is 28.5 Å². The third-order valence-electron chi connectivity index (χ3n) is 4.09. The Balaban J connectivity index is 1.63. The number of carbonyl (C=O) groups excluding carboxylic acids is 1. The molecular formula is C18H18N4OS. The summed E-state index contributed by atoms with van der Waals surface area (Å²) in [5.41, 5.74) is 3.46. The van der Waals surface area contributed by atoms with E-state index in [1.54, 1.807) is 17.7 Å². The molecule has 0 spiro atoms. The molecule has 1 aliphatic carbocycles. The van der Waals surface area contributed by atoms with E-state index in [0.29, 0.717) is 11.9 Å². The number of hydrogen-bond donors (Lipinski definition) is 2. The Labute approximate surface area is 144 Å². The SMILES string of the molecule is Cc1ccc(-c2csc3ncnc(NCC(=O)NC4CC4)c23)cc1. The van der Waals surface area contributed by atoms with Gasteiger partial charge in [-0.3, -0.25) is 4.79 Å². The molecule has 0 bridgehead atoms. The lowest BCUT2D eigenvalue weighted by molar-refractivity contribution is -0.119. The first-order chi connectivity index (χ1) is 11.7. The van der Waals surface area contributed by atoms with Gasteiger partial charge >= 0.3 is 0 Å². The molecule has 1 fully saturated rings. The van der Waals surface area contributed by atoms with Gasteiger partial charge in [-0.1, -0.05) is 29.8 Å². The predicted octanol–water partition coefficient (Wildman–Crippen LogP) is 3.36. The lowest BCUT2D eigenvalue weighted by atomic mass is 10.0. The summed E-state index contributed by atoms with van der Waals surface area (Å²) in [4.78, 5) is 21.6.